The van der Waals surface area contributed by atoms with Gasteiger partial charge in [-0.3, -0.25) is 4.79 Å². The van der Waals surface area contributed by atoms with Crippen LogP contribution in [0.4, 0.5) is 5.69 Å². The standard InChI is InChI=1S/C21H26N2O4S/c1-4-27-19-12-11-17(14-20(19)28(25,26)23(2)3)22-21(24)13-16-10-9-15-7-5-6-8-18(15)16/h5-8,11-12,14,16H,4,9-10,13H2,1-3H3,(H,22,24). The second-order valence-electron chi connectivity index (χ2n) is 7.07. The summed E-state index contributed by atoms with van der Waals surface area (Å²) in [6, 6.07) is 12.9. The number of fused-ring (bicyclic) bond motifs is 1. The van der Waals surface area contributed by atoms with Gasteiger partial charge >= 0.3 is 0 Å². The summed E-state index contributed by atoms with van der Waals surface area (Å²) in [6.45, 7) is 2.14. The summed E-state index contributed by atoms with van der Waals surface area (Å²) >= 11 is 0. The van der Waals surface area contributed by atoms with Gasteiger partial charge in [-0.05, 0) is 55.0 Å². The molecule has 1 aliphatic carbocycles. The number of rotatable bonds is 7. The van der Waals surface area contributed by atoms with Crippen LogP contribution in [0, 0.1) is 0 Å². The molecule has 0 saturated carbocycles. The number of amides is 1. The van der Waals surface area contributed by atoms with E-state index in [1.54, 1.807) is 19.1 Å². The van der Waals surface area contributed by atoms with Crippen LogP contribution >= 0.6 is 0 Å². The van der Waals surface area contributed by atoms with Crippen LogP contribution < -0.4 is 10.1 Å². The number of nitrogens with zero attached hydrogens (tertiary/aromatic N) is 1. The number of hydrogen-bond donors (Lipinski definition) is 1. The molecule has 1 amide bonds. The van der Waals surface area contributed by atoms with Crippen molar-refractivity contribution in [3.63, 3.8) is 0 Å². The number of hydrogen-bond acceptors (Lipinski definition) is 4. The van der Waals surface area contributed by atoms with Crippen molar-refractivity contribution in [2.75, 3.05) is 26.0 Å². The van der Waals surface area contributed by atoms with Crippen LogP contribution in [0.25, 0.3) is 0 Å². The van der Waals surface area contributed by atoms with E-state index < -0.39 is 10.0 Å². The highest BCUT2D eigenvalue weighted by Gasteiger charge is 2.26. The summed E-state index contributed by atoms with van der Waals surface area (Å²) in [5.74, 6) is 0.349. The van der Waals surface area contributed by atoms with Gasteiger partial charge in [-0.25, -0.2) is 12.7 Å². The summed E-state index contributed by atoms with van der Waals surface area (Å²) < 4.78 is 31.8. The molecule has 28 heavy (non-hydrogen) atoms. The molecular formula is C21H26N2O4S. The molecule has 0 saturated heterocycles. The van der Waals surface area contributed by atoms with E-state index in [2.05, 4.69) is 17.4 Å². The van der Waals surface area contributed by atoms with Crippen LogP contribution in [-0.4, -0.2) is 39.3 Å². The van der Waals surface area contributed by atoms with Gasteiger partial charge in [-0.2, -0.15) is 0 Å². The number of benzene rings is 2. The first-order valence-corrected chi connectivity index (χ1v) is 10.8. The highest BCUT2D eigenvalue weighted by molar-refractivity contribution is 7.89. The van der Waals surface area contributed by atoms with Gasteiger partial charge in [0.2, 0.25) is 15.9 Å². The van der Waals surface area contributed by atoms with Crippen molar-refractivity contribution >= 4 is 21.6 Å². The summed E-state index contributed by atoms with van der Waals surface area (Å²) in [4.78, 5) is 12.6. The van der Waals surface area contributed by atoms with Gasteiger partial charge in [0.15, 0.2) is 0 Å². The minimum atomic E-state index is -3.69. The third-order valence-corrected chi connectivity index (χ3v) is 6.81. The van der Waals surface area contributed by atoms with E-state index in [0.717, 1.165) is 17.1 Å². The fourth-order valence-electron chi connectivity index (χ4n) is 3.55. The predicted molar refractivity (Wildman–Crippen MR) is 109 cm³/mol. The highest BCUT2D eigenvalue weighted by atomic mass is 32.2. The lowest BCUT2D eigenvalue weighted by atomic mass is 9.97. The zero-order chi connectivity index (χ0) is 20.3. The topological polar surface area (TPSA) is 75.7 Å². The minimum absolute atomic E-state index is 0.0448. The lowest BCUT2D eigenvalue weighted by Gasteiger charge is -2.17. The Bertz CT molecular complexity index is 970. The quantitative estimate of drug-likeness (QED) is 0.770. The Kier molecular flexibility index (Phi) is 6.05. The number of nitrogens with one attached hydrogen (secondary N) is 1. The molecule has 2 aromatic rings. The number of carbonyl (C=O) groups is 1. The summed E-state index contributed by atoms with van der Waals surface area (Å²) in [5.41, 5.74) is 2.99. The summed E-state index contributed by atoms with van der Waals surface area (Å²) in [6.07, 6.45) is 2.32. The molecular weight excluding hydrogens is 376 g/mol. The summed E-state index contributed by atoms with van der Waals surface area (Å²) in [5, 5.41) is 2.84. The van der Waals surface area contributed by atoms with Crippen LogP contribution in [0.2, 0.25) is 0 Å². The van der Waals surface area contributed by atoms with E-state index in [4.69, 9.17) is 4.74 Å². The lowest BCUT2D eigenvalue weighted by molar-refractivity contribution is -0.116. The zero-order valence-corrected chi connectivity index (χ0v) is 17.3. The van der Waals surface area contributed by atoms with Crippen LogP contribution in [0.5, 0.6) is 5.75 Å². The first-order chi connectivity index (χ1) is 13.3. The molecule has 0 heterocycles. The second kappa shape index (κ2) is 8.32. The molecule has 3 rings (SSSR count). The number of aryl methyl sites for hydroxylation is 1. The van der Waals surface area contributed by atoms with E-state index in [0.29, 0.717) is 18.7 Å². The van der Waals surface area contributed by atoms with Gasteiger partial charge in [0.05, 0.1) is 6.61 Å². The van der Waals surface area contributed by atoms with Crippen LogP contribution in [0.3, 0.4) is 0 Å². The maximum absolute atomic E-state index is 12.6. The molecule has 1 atom stereocenters. The fraction of sp³-hybridized carbons (Fsp3) is 0.381. The van der Waals surface area contributed by atoms with E-state index in [9.17, 15) is 13.2 Å². The molecule has 0 aromatic heterocycles. The van der Waals surface area contributed by atoms with Crippen molar-refractivity contribution in [2.45, 2.75) is 37.0 Å². The molecule has 6 nitrogen and oxygen atoms in total. The zero-order valence-electron chi connectivity index (χ0n) is 16.4. The molecule has 7 heteroatoms. The van der Waals surface area contributed by atoms with Gasteiger partial charge in [0.1, 0.15) is 10.6 Å². The largest absolute Gasteiger partial charge is 0.492 e. The molecule has 0 bridgehead atoms. The number of carbonyl (C=O) groups excluding carboxylic acids is 1. The third-order valence-electron chi connectivity index (χ3n) is 4.97. The summed E-state index contributed by atoms with van der Waals surface area (Å²) in [7, 11) is -0.761. The Morgan fingerprint density at radius 2 is 1.96 bits per heavy atom. The van der Waals surface area contributed by atoms with Gasteiger partial charge in [-0.1, -0.05) is 24.3 Å². The maximum Gasteiger partial charge on any atom is 0.246 e. The first kappa shape index (κ1) is 20.4. The highest BCUT2D eigenvalue weighted by Crippen LogP contribution is 2.35. The van der Waals surface area contributed by atoms with Gasteiger partial charge in [-0.15, -0.1) is 0 Å². The molecule has 150 valence electrons. The molecule has 2 aromatic carbocycles. The van der Waals surface area contributed by atoms with Crippen LogP contribution in [-0.2, 0) is 21.2 Å². The van der Waals surface area contributed by atoms with Crippen molar-refractivity contribution < 1.29 is 17.9 Å². The average Bonchev–Trinajstić information content (AvgIpc) is 3.06. The monoisotopic (exact) mass is 402 g/mol. The lowest BCUT2D eigenvalue weighted by Crippen LogP contribution is -2.23. The third kappa shape index (κ3) is 4.20. The SMILES string of the molecule is CCOc1ccc(NC(=O)CC2CCc3ccccc32)cc1S(=O)(=O)N(C)C. The molecule has 0 fully saturated rings. The van der Waals surface area contributed by atoms with E-state index >= 15 is 0 Å². The second-order valence-corrected chi connectivity index (χ2v) is 9.19. The van der Waals surface area contributed by atoms with Gasteiger partial charge < -0.3 is 10.1 Å². The Balaban J connectivity index is 1.78. The van der Waals surface area contributed by atoms with Crippen molar-refractivity contribution in [3.8, 4) is 5.75 Å². The Labute approximate surface area is 166 Å². The predicted octanol–water partition coefficient (Wildman–Crippen LogP) is 3.39. The number of anilines is 1. The Hall–Kier alpha value is -2.38. The van der Waals surface area contributed by atoms with Crippen molar-refractivity contribution in [1.82, 2.24) is 4.31 Å². The average molecular weight is 403 g/mol. The molecule has 0 radical (unpaired) electrons. The van der Waals surface area contributed by atoms with Gasteiger partial charge in [0.25, 0.3) is 0 Å². The molecule has 1 aliphatic rings. The normalized spacial score (nSPS) is 16.1. The molecule has 1 unspecified atom stereocenters. The number of sulfonamides is 1. The molecule has 1 N–H and O–H groups in total. The van der Waals surface area contributed by atoms with Crippen molar-refractivity contribution in [2.24, 2.45) is 0 Å². The fourth-order valence-corrected chi connectivity index (χ4v) is 4.60. The first-order valence-electron chi connectivity index (χ1n) is 9.40. The minimum Gasteiger partial charge on any atom is -0.492 e. The Morgan fingerprint density at radius 1 is 1.21 bits per heavy atom. The number of ether oxygens (including phenoxy) is 1. The van der Waals surface area contributed by atoms with Crippen molar-refractivity contribution in [3.05, 3.63) is 53.6 Å². The molecule has 0 aliphatic heterocycles. The maximum atomic E-state index is 12.6. The smallest absolute Gasteiger partial charge is 0.246 e. The van der Waals surface area contributed by atoms with E-state index in [1.165, 1.54) is 31.3 Å². The molecule has 0 spiro atoms. The van der Waals surface area contributed by atoms with Crippen LogP contribution in [0.1, 0.15) is 36.8 Å². The van der Waals surface area contributed by atoms with Crippen LogP contribution in [0.15, 0.2) is 47.4 Å². The van der Waals surface area contributed by atoms with E-state index in [1.807, 2.05) is 12.1 Å². The van der Waals surface area contributed by atoms with E-state index in [-0.39, 0.29) is 22.5 Å². The van der Waals surface area contributed by atoms with Crippen molar-refractivity contribution in [1.29, 1.82) is 0 Å². The Morgan fingerprint density at radius 3 is 2.68 bits per heavy atom. The van der Waals surface area contributed by atoms with Gasteiger partial charge in [0, 0.05) is 26.2 Å².